The molecule has 7 N–H and O–H groups in total. The van der Waals surface area contributed by atoms with Crippen molar-refractivity contribution in [3.63, 3.8) is 0 Å². The average molecular weight is 516 g/mol. The zero-order valence-electron chi connectivity index (χ0n) is 18.5. The molecule has 1 unspecified atom stereocenters. The van der Waals surface area contributed by atoms with E-state index in [-0.39, 0.29) is 11.3 Å². The number of nitrogens with zero attached hydrogens (tertiary/aromatic N) is 1. The number of carbonyl (C=O) groups excluding carboxylic acids is 1. The second kappa shape index (κ2) is 10.8. The van der Waals surface area contributed by atoms with E-state index in [0.717, 1.165) is 0 Å². The first-order valence-electron chi connectivity index (χ1n) is 10.3. The van der Waals surface area contributed by atoms with Gasteiger partial charge >= 0.3 is 0 Å². The van der Waals surface area contributed by atoms with Crippen LogP contribution in [0.2, 0.25) is 0 Å². The maximum atomic E-state index is 12.8. The van der Waals surface area contributed by atoms with Crippen LogP contribution in [0.25, 0.3) is 11.1 Å². The number of primary amides is 1. The van der Waals surface area contributed by atoms with Gasteiger partial charge < -0.3 is 11.6 Å². The first-order chi connectivity index (χ1) is 16.5. The van der Waals surface area contributed by atoms with Crippen LogP contribution < -0.4 is 21.4 Å². The molecule has 184 valence electrons. The van der Waals surface area contributed by atoms with E-state index >= 15 is 0 Å². The van der Waals surface area contributed by atoms with Crippen molar-refractivity contribution < 1.29 is 21.6 Å². The SMILES string of the molecule is N/N=C\c1cccc(CC(NS(=O)(=O)Cc2ccc(-c3ccccc3S(N)(=O)=O)cc2)C(N)=O)c1. The highest BCUT2D eigenvalue weighted by Crippen LogP contribution is 2.27. The molecule has 0 bridgehead atoms. The van der Waals surface area contributed by atoms with Gasteiger partial charge in [-0.15, -0.1) is 0 Å². The molecule has 3 rings (SSSR count). The van der Waals surface area contributed by atoms with Gasteiger partial charge in [0.15, 0.2) is 0 Å². The number of primary sulfonamides is 1. The molecule has 0 saturated heterocycles. The highest BCUT2D eigenvalue weighted by Gasteiger charge is 2.23. The van der Waals surface area contributed by atoms with Gasteiger partial charge in [0.1, 0.15) is 6.04 Å². The Morgan fingerprint density at radius 3 is 2.26 bits per heavy atom. The van der Waals surface area contributed by atoms with E-state index in [1.165, 1.54) is 12.3 Å². The van der Waals surface area contributed by atoms with Crippen LogP contribution in [0, 0.1) is 0 Å². The van der Waals surface area contributed by atoms with Gasteiger partial charge in [0.2, 0.25) is 26.0 Å². The molecule has 12 heteroatoms. The molecule has 0 radical (unpaired) electrons. The summed E-state index contributed by atoms with van der Waals surface area (Å²) < 4.78 is 51.6. The van der Waals surface area contributed by atoms with Crippen molar-refractivity contribution in [1.29, 1.82) is 0 Å². The zero-order valence-corrected chi connectivity index (χ0v) is 20.2. The third-order valence-corrected chi connectivity index (χ3v) is 7.42. The van der Waals surface area contributed by atoms with Crippen molar-refractivity contribution in [3.05, 3.63) is 89.5 Å². The summed E-state index contributed by atoms with van der Waals surface area (Å²) in [5.41, 5.74) is 8.20. The summed E-state index contributed by atoms with van der Waals surface area (Å²) >= 11 is 0. The molecule has 0 heterocycles. The molecular weight excluding hydrogens is 490 g/mol. The van der Waals surface area contributed by atoms with E-state index in [2.05, 4.69) is 9.82 Å². The lowest BCUT2D eigenvalue weighted by atomic mass is 10.0. The van der Waals surface area contributed by atoms with Crippen LogP contribution in [-0.4, -0.2) is 35.0 Å². The summed E-state index contributed by atoms with van der Waals surface area (Å²) in [6.45, 7) is 0. The van der Waals surface area contributed by atoms with Crippen LogP contribution in [-0.2, 0) is 37.0 Å². The number of nitrogens with one attached hydrogen (secondary N) is 1. The third kappa shape index (κ3) is 7.20. The van der Waals surface area contributed by atoms with Crippen LogP contribution in [0.4, 0.5) is 0 Å². The van der Waals surface area contributed by atoms with Crippen LogP contribution in [0.15, 0.2) is 82.8 Å². The van der Waals surface area contributed by atoms with Gasteiger partial charge in [-0.2, -0.15) is 5.10 Å². The minimum Gasteiger partial charge on any atom is -0.368 e. The molecule has 3 aromatic carbocycles. The van der Waals surface area contributed by atoms with Crippen molar-refractivity contribution >= 4 is 32.2 Å². The van der Waals surface area contributed by atoms with Crippen molar-refractivity contribution in [3.8, 4) is 11.1 Å². The zero-order chi connectivity index (χ0) is 25.6. The Morgan fingerprint density at radius 1 is 0.943 bits per heavy atom. The second-order valence-corrected chi connectivity index (χ2v) is 11.1. The lowest BCUT2D eigenvalue weighted by molar-refractivity contribution is -0.119. The van der Waals surface area contributed by atoms with Gasteiger partial charge in [0.25, 0.3) is 0 Å². The summed E-state index contributed by atoms with van der Waals surface area (Å²) in [6, 6.07) is 18.3. The van der Waals surface area contributed by atoms with Crippen molar-refractivity contribution in [2.45, 2.75) is 23.1 Å². The Bertz CT molecular complexity index is 1450. The number of hydrazone groups is 1. The number of sulfonamides is 2. The summed E-state index contributed by atoms with van der Waals surface area (Å²) in [4.78, 5) is 11.9. The van der Waals surface area contributed by atoms with Crippen molar-refractivity contribution in [2.24, 2.45) is 21.8 Å². The van der Waals surface area contributed by atoms with Gasteiger partial charge in [-0.3, -0.25) is 4.79 Å². The van der Waals surface area contributed by atoms with Gasteiger partial charge in [0.05, 0.1) is 16.9 Å². The Balaban J connectivity index is 1.76. The van der Waals surface area contributed by atoms with Crippen LogP contribution in [0.5, 0.6) is 0 Å². The van der Waals surface area contributed by atoms with E-state index in [9.17, 15) is 21.6 Å². The average Bonchev–Trinajstić information content (AvgIpc) is 2.79. The number of benzene rings is 3. The maximum absolute atomic E-state index is 12.8. The second-order valence-electron chi connectivity index (χ2n) is 7.80. The number of hydrogen-bond donors (Lipinski definition) is 4. The van der Waals surface area contributed by atoms with E-state index in [1.807, 2.05) is 0 Å². The molecule has 0 saturated carbocycles. The molecule has 35 heavy (non-hydrogen) atoms. The molecule has 0 spiro atoms. The molecule has 0 aliphatic carbocycles. The lowest BCUT2D eigenvalue weighted by Gasteiger charge is -2.16. The molecule has 0 fully saturated rings. The van der Waals surface area contributed by atoms with Crippen LogP contribution in [0.3, 0.4) is 0 Å². The highest BCUT2D eigenvalue weighted by atomic mass is 32.2. The topological polar surface area (TPSA) is 188 Å². The largest absolute Gasteiger partial charge is 0.368 e. The Hall–Kier alpha value is -3.58. The van der Waals surface area contributed by atoms with E-state index in [1.54, 1.807) is 66.7 Å². The number of carbonyl (C=O) groups is 1. The molecule has 0 aliphatic heterocycles. The summed E-state index contributed by atoms with van der Waals surface area (Å²) in [6.07, 6.45) is 1.47. The molecule has 1 atom stereocenters. The third-order valence-electron chi connectivity index (χ3n) is 5.09. The molecule has 10 nitrogen and oxygen atoms in total. The molecule has 3 aromatic rings. The van der Waals surface area contributed by atoms with E-state index < -0.39 is 37.7 Å². The van der Waals surface area contributed by atoms with E-state index in [0.29, 0.717) is 27.8 Å². The summed E-state index contributed by atoms with van der Waals surface area (Å²) in [5.74, 6) is 3.93. The molecule has 0 aliphatic rings. The van der Waals surface area contributed by atoms with Gasteiger partial charge in [-0.1, -0.05) is 66.7 Å². The summed E-state index contributed by atoms with van der Waals surface area (Å²) in [5, 5.41) is 8.74. The van der Waals surface area contributed by atoms with E-state index in [4.69, 9.17) is 16.7 Å². The molecule has 0 aromatic heterocycles. The van der Waals surface area contributed by atoms with Crippen LogP contribution in [0.1, 0.15) is 16.7 Å². The fourth-order valence-electron chi connectivity index (χ4n) is 3.53. The monoisotopic (exact) mass is 515 g/mol. The molecular formula is C23H25N5O5S2. The number of hydrogen-bond acceptors (Lipinski definition) is 7. The predicted octanol–water partition coefficient (Wildman–Crippen LogP) is 0.810. The smallest absolute Gasteiger partial charge is 0.238 e. The Kier molecular flexibility index (Phi) is 8.02. The first-order valence-corrected chi connectivity index (χ1v) is 13.5. The van der Waals surface area contributed by atoms with Crippen LogP contribution >= 0.6 is 0 Å². The Labute approximate surface area is 203 Å². The van der Waals surface area contributed by atoms with Crippen molar-refractivity contribution in [1.82, 2.24) is 4.72 Å². The quantitative estimate of drug-likeness (QED) is 0.176. The van der Waals surface area contributed by atoms with Crippen molar-refractivity contribution in [2.75, 3.05) is 0 Å². The number of rotatable bonds is 10. The number of amides is 1. The summed E-state index contributed by atoms with van der Waals surface area (Å²) in [7, 11) is -7.88. The van der Waals surface area contributed by atoms with Gasteiger partial charge in [0, 0.05) is 5.56 Å². The Morgan fingerprint density at radius 2 is 1.63 bits per heavy atom. The standard InChI is InChI=1S/C23H25N5O5S2/c24-23(29)21(13-17-4-3-5-18(12-17)14-27-25)28-34(30,31)15-16-8-10-19(11-9-16)20-6-1-2-7-22(20)35(26,32)33/h1-12,14,21,28H,13,15,25H2,(H2,24,29)(H2,26,32,33)/b27-14-. The lowest BCUT2D eigenvalue weighted by Crippen LogP contribution is -2.46. The maximum Gasteiger partial charge on any atom is 0.238 e. The fourth-order valence-corrected chi connectivity index (χ4v) is 5.64. The fraction of sp³-hybridized carbons (Fsp3) is 0.130. The predicted molar refractivity (Wildman–Crippen MR) is 134 cm³/mol. The van der Waals surface area contributed by atoms with Gasteiger partial charge in [-0.25, -0.2) is 26.7 Å². The number of nitrogens with two attached hydrogens (primary N) is 3. The first kappa shape index (κ1) is 26.0. The minimum absolute atomic E-state index is 0.0341. The highest BCUT2D eigenvalue weighted by molar-refractivity contribution is 7.89. The molecule has 1 amide bonds. The van der Waals surface area contributed by atoms with Gasteiger partial charge in [-0.05, 0) is 34.7 Å². The minimum atomic E-state index is -3.94. The normalized spacial score (nSPS) is 13.1.